The highest BCUT2D eigenvalue weighted by Gasteiger charge is 2.21. The van der Waals surface area contributed by atoms with Gasteiger partial charge in [-0.2, -0.15) is 0 Å². The maximum Gasteiger partial charge on any atom is 0.119 e. The molecule has 6 aromatic carbocycles. The fraction of sp³-hybridized carbons (Fsp3) is 0.240. The van der Waals surface area contributed by atoms with E-state index in [1.165, 1.54) is 80.9 Å². The van der Waals surface area contributed by atoms with E-state index in [0.717, 1.165) is 60.1 Å². The van der Waals surface area contributed by atoms with Crippen molar-refractivity contribution in [3.63, 3.8) is 0 Å². The Labute approximate surface area is 352 Å². The summed E-state index contributed by atoms with van der Waals surface area (Å²) < 4.78 is 12.0. The minimum Gasteiger partial charge on any atom is -0.494 e. The average molecular weight is 803 g/mol. The predicted molar refractivity (Wildman–Crippen MR) is 245 cm³/mol. The molecule has 6 aromatic rings. The van der Waals surface area contributed by atoms with Crippen molar-refractivity contribution in [3.8, 4) is 11.5 Å². The third-order valence-electron chi connectivity index (χ3n) is 10.6. The smallest absolute Gasteiger partial charge is 0.119 e. The zero-order valence-electron chi connectivity index (χ0n) is 33.3. The van der Waals surface area contributed by atoms with Crippen LogP contribution < -0.4 is 19.3 Å². The van der Waals surface area contributed by atoms with Gasteiger partial charge in [0.25, 0.3) is 0 Å². The van der Waals surface area contributed by atoms with Crippen molar-refractivity contribution in [2.45, 2.75) is 70.9 Å². The molecule has 0 saturated heterocycles. The van der Waals surface area contributed by atoms with Crippen LogP contribution in [0, 0.1) is 0 Å². The van der Waals surface area contributed by atoms with Crippen molar-refractivity contribution in [1.82, 2.24) is 0 Å². The largest absolute Gasteiger partial charge is 0.494 e. The molecule has 6 nitrogen and oxygen atoms in total. The predicted octanol–water partition coefficient (Wildman–Crippen LogP) is 14.2. The van der Waals surface area contributed by atoms with Crippen molar-refractivity contribution >= 4 is 70.1 Å². The number of hydrogen-bond donors (Lipinski definition) is 0. The summed E-state index contributed by atoms with van der Waals surface area (Å²) in [7, 11) is 4.26. The molecule has 0 N–H and O–H groups in total. The van der Waals surface area contributed by atoms with E-state index in [4.69, 9.17) is 19.5 Å². The third kappa shape index (κ3) is 9.98. The lowest BCUT2D eigenvalue weighted by molar-refractivity contribution is 0.301. The van der Waals surface area contributed by atoms with E-state index in [9.17, 15) is 0 Å². The molecule has 0 saturated carbocycles. The second-order valence-corrected chi connectivity index (χ2v) is 16.9. The standard InChI is InChI=1S/C50H50N4O2S2/c1-53-43-15-9-11-17-47(43)57-49-29-19-37(33-45(49)53)35-51-39-21-25-41(26-22-39)55-31-13-7-5-3-4-6-8-14-32-56-42-27-23-40(24-28-42)52-36-38-20-30-50-46(34-38)54(2)44-16-10-12-18-48(44)58-50/h9-12,15-30,33-36H,3-8,13-14,31-32H2,1-2H3. The molecule has 0 spiro atoms. The van der Waals surface area contributed by atoms with Crippen LogP contribution in [0.2, 0.25) is 0 Å². The van der Waals surface area contributed by atoms with Crippen molar-refractivity contribution in [3.05, 3.63) is 145 Å². The number of hydrogen-bond acceptors (Lipinski definition) is 8. The van der Waals surface area contributed by atoms with Gasteiger partial charge in [0.2, 0.25) is 0 Å². The summed E-state index contributed by atoms with van der Waals surface area (Å²) in [5.74, 6) is 1.80. The van der Waals surface area contributed by atoms with E-state index in [0.29, 0.717) is 0 Å². The summed E-state index contributed by atoms with van der Waals surface area (Å²) in [6, 6.07) is 46.3. The maximum atomic E-state index is 6.02. The quantitative estimate of drug-likeness (QED) is 0.0676. The zero-order chi connectivity index (χ0) is 39.5. The first kappa shape index (κ1) is 39.4. The molecule has 0 bridgehead atoms. The molecule has 58 heavy (non-hydrogen) atoms. The van der Waals surface area contributed by atoms with Crippen LogP contribution in [0.3, 0.4) is 0 Å². The molecule has 0 amide bonds. The maximum absolute atomic E-state index is 6.02. The number of aliphatic imine (C=N–C) groups is 2. The van der Waals surface area contributed by atoms with Crippen LogP contribution in [0.4, 0.5) is 34.1 Å². The normalized spacial score (nSPS) is 13.0. The molecule has 2 heterocycles. The first-order chi connectivity index (χ1) is 28.6. The Morgan fingerprint density at radius 2 is 0.810 bits per heavy atom. The van der Waals surface area contributed by atoms with E-state index in [2.05, 4.69) is 109 Å². The second-order valence-electron chi connectivity index (χ2n) is 14.7. The zero-order valence-corrected chi connectivity index (χ0v) is 35.0. The van der Waals surface area contributed by atoms with Crippen LogP contribution in [0.15, 0.2) is 163 Å². The Bertz CT molecular complexity index is 2190. The Morgan fingerprint density at radius 3 is 1.24 bits per heavy atom. The van der Waals surface area contributed by atoms with Crippen LogP contribution in [0.1, 0.15) is 62.5 Å². The summed E-state index contributed by atoms with van der Waals surface area (Å²) in [5.41, 5.74) is 8.90. The lowest BCUT2D eigenvalue weighted by Gasteiger charge is -2.29. The molecule has 2 aliphatic rings. The monoisotopic (exact) mass is 802 g/mol. The molecular formula is C50H50N4O2S2. The first-order valence-electron chi connectivity index (χ1n) is 20.4. The molecule has 0 aliphatic carbocycles. The fourth-order valence-electron chi connectivity index (χ4n) is 7.26. The molecule has 0 radical (unpaired) electrons. The van der Waals surface area contributed by atoms with Gasteiger partial charge < -0.3 is 19.3 Å². The van der Waals surface area contributed by atoms with Gasteiger partial charge >= 0.3 is 0 Å². The van der Waals surface area contributed by atoms with E-state index in [-0.39, 0.29) is 0 Å². The first-order valence-corrected chi connectivity index (χ1v) is 22.0. The van der Waals surface area contributed by atoms with Crippen molar-refractivity contribution in [1.29, 1.82) is 0 Å². The van der Waals surface area contributed by atoms with Crippen molar-refractivity contribution in [2.75, 3.05) is 37.1 Å². The van der Waals surface area contributed by atoms with Crippen LogP contribution in [-0.2, 0) is 0 Å². The topological polar surface area (TPSA) is 49.7 Å². The summed E-state index contributed by atoms with van der Waals surface area (Å²) in [6.07, 6.45) is 13.5. The molecule has 0 fully saturated rings. The minimum atomic E-state index is 0.749. The Hall–Kier alpha value is -5.44. The molecule has 0 aromatic heterocycles. The third-order valence-corrected chi connectivity index (χ3v) is 12.8. The molecular weight excluding hydrogens is 753 g/mol. The van der Waals surface area contributed by atoms with E-state index in [1.807, 2.05) is 84.5 Å². The number of rotatable bonds is 17. The summed E-state index contributed by atoms with van der Waals surface area (Å²) in [4.78, 5) is 19.1. The molecule has 0 atom stereocenters. The molecule has 0 unspecified atom stereocenters. The SMILES string of the molecule is CN1c2ccccc2Sc2ccc(C=Nc3ccc(OCCCCCCCCCCOc4ccc(N=Cc5ccc6c(c5)N(C)c5ccccc5S6)cc4)cc3)cc21. The number of anilines is 4. The van der Waals surface area contributed by atoms with Gasteiger partial charge in [0.15, 0.2) is 0 Å². The lowest BCUT2D eigenvalue weighted by Crippen LogP contribution is -2.14. The van der Waals surface area contributed by atoms with Crippen molar-refractivity contribution in [2.24, 2.45) is 9.98 Å². The van der Waals surface area contributed by atoms with Gasteiger partial charge in [0, 0.05) is 46.1 Å². The van der Waals surface area contributed by atoms with Gasteiger partial charge in [0.1, 0.15) is 11.5 Å². The number of para-hydroxylation sites is 2. The fourth-order valence-corrected chi connectivity index (χ4v) is 9.52. The van der Waals surface area contributed by atoms with E-state index < -0.39 is 0 Å². The van der Waals surface area contributed by atoms with Crippen LogP contribution in [-0.4, -0.2) is 39.7 Å². The van der Waals surface area contributed by atoms with Gasteiger partial charge in [-0.25, -0.2) is 0 Å². The minimum absolute atomic E-state index is 0.749. The van der Waals surface area contributed by atoms with E-state index >= 15 is 0 Å². The molecule has 8 heteroatoms. The van der Waals surface area contributed by atoms with Crippen LogP contribution in [0.5, 0.6) is 11.5 Å². The lowest BCUT2D eigenvalue weighted by atomic mass is 10.1. The van der Waals surface area contributed by atoms with Crippen LogP contribution in [0.25, 0.3) is 0 Å². The second kappa shape index (κ2) is 19.3. The Morgan fingerprint density at radius 1 is 0.431 bits per heavy atom. The molecule has 8 rings (SSSR count). The molecule has 294 valence electrons. The highest BCUT2D eigenvalue weighted by Crippen LogP contribution is 2.48. The number of nitrogens with zero attached hydrogens (tertiary/aromatic N) is 4. The summed E-state index contributed by atoms with van der Waals surface area (Å²) in [5, 5.41) is 0. The number of unbranched alkanes of at least 4 members (excludes halogenated alkanes) is 7. The average Bonchev–Trinajstić information content (AvgIpc) is 3.26. The molecule has 2 aliphatic heterocycles. The highest BCUT2D eigenvalue weighted by atomic mass is 32.2. The number of ether oxygens (including phenoxy) is 2. The van der Waals surface area contributed by atoms with Crippen molar-refractivity contribution < 1.29 is 9.47 Å². The number of benzene rings is 6. The highest BCUT2D eigenvalue weighted by molar-refractivity contribution is 8.00. The summed E-state index contributed by atoms with van der Waals surface area (Å²) in [6.45, 7) is 1.50. The Balaban J connectivity index is 0.657. The van der Waals surface area contributed by atoms with E-state index in [1.54, 1.807) is 0 Å². The van der Waals surface area contributed by atoms with Crippen LogP contribution >= 0.6 is 23.5 Å². The van der Waals surface area contributed by atoms with Gasteiger partial charge in [-0.1, -0.05) is 98.4 Å². The number of fused-ring (bicyclic) bond motifs is 4. The van der Waals surface area contributed by atoms with Gasteiger partial charge in [-0.3, -0.25) is 9.98 Å². The van der Waals surface area contributed by atoms with Gasteiger partial charge in [0.05, 0.1) is 47.3 Å². The Kier molecular flexibility index (Phi) is 13.1. The van der Waals surface area contributed by atoms with Gasteiger partial charge in [-0.15, -0.1) is 0 Å². The summed E-state index contributed by atoms with van der Waals surface area (Å²) >= 11 is 3.64. The van der Waals surface area contributed by atoms with Gasteiger partial charge in [-0.05, 0) is 121 Å².